The summed E-state index contributed by atoms with van der Waals surface area (Å²) in [6.45, 7) is 4.05. The number of rotatable bonds is 2. The third-order valence-corrected chi connectivity index (χ3v) is 2.74. The molecule has 2 N–H and O–H groups in total. The fraction of sp³-hybridized carbons (Fsp3) is 0.333. The summed E-state index contributed by atoms with van der Waals surface area (Å²) in [5.41, 5.74) is 0.335. The molecule has 0 spiro atoms. The van der Waals surface area contributed by atoms with Crippen molar-refractivity contribution in [3.63, 3.8) is 0 Å². The fourth-order valence-corrected chi connectivity index (χ4v) is 1.83. The van der Waals surface area contributed by atoms with Crippen LogP contribution in [-0.2, 0) is 6.54 Å². The smallest absolute Gasteiger partial charge is 0.315 e. The molecule has 2 rings (SSSR count). The lowest BCUT2D eigenvalue weighted by atomic mass is 10.1. The number of benzene rings is 1. The minimum atomic E-state index is -0.685. The van der Waals surface area contributed by atoms with Crippen LogP contribution >= 0.6 is 0 Å². The van der Waals surface area contributed by atoms with Gasteiger partial charge < -0.3 is 5.32 Å². The van der Waals surface area contributed by atoms with Gasteiger partial charge in [0.2, 0.25) is 0 Å². The molecule has 0 saturated carbocycles. The number of carbonyl (C=O) groups is 2. The Morgan fingerprint density at radius 1 is 1.18 bits per heavy atom. The van der Waals surface area contributed by atoms with Crippen LogP contribution in [0.2, 0.25) is 0 Å². The molecule has 5 heteroatoms. The molecule has 5 nitrogen and oxygen atoms in total. The Labute approximate surface area is 99.8 Å². The minimum absolute atomic E-state index is 0.373. The Morgan fingerprint density at radius 2 is 1.82 bits per heavy atom. The number of nitrogens with zero attached hydrogens (tertiary/aromatic N) is 1. The van der Waals surface area contributed by atoms with Gasteiger partial charge in [0.25, 0.3) is 0 Å². The lowest BCUT2D eigenvalue weighted by Gasteiger charge is -2.42. The highest BCUT2D eigenvalue weighted by atomic mass is 16.2. The maximum atomic E-state index is 11.8. The Morgan fingerprint density at radius 3 is 2.41 bits per heavy atom. The molecule has 90 valence electrons. The van der Waals surface area contributed by atoms with Crippen LogP contribution in [0.1, 0.15) is 19.4 Å². The summed E-state index contributed by atoms with van der Waals surface area (Å²) in [6.07, 6.45) is 0. The van der Waals surface area contributed by atoms with Crippen molar-refractivity contribution < 1.29 is 9.59 Å². The minimum Gasteiger partial charge on any atom is -0.315 e. The maximum absolute atomic E-state index is 11.8. The lowest BCUT2D eigenvalue weighted by molar-refractivity contribution is 0.0946. The molecule has 0 aliphatic carbocycles. The first kappa shape index (κ1) is 11.4. The van der Waals surface area contributed by atoms with Crippen molar-refractivity contribution in [2.75, 3.05) is 0 Å². The van der Waals surface area contributed by atoms with Crippen molar-refractivity contribution in [2.45, 2.75) is 26.1 Å². The Bertz CT molecular complexity index is 442. The number of imide groups is 1. The molecular formula is C12H15N3O2. The normalized spacial score (nSPS) is 18.6. The van der Waals surface area contributed by atoms with Crippen LogP contribution in [0.15, 0.2) is 30.3 Å². The molecule has 0 atom stereocenters. The zero-order valence-electron chi connectivity index (χ0n) is 9.86. The Kier molecular flexibility index (Phi) is 2.75. The SMILES string of the molecule is CC1(C)NC(=O)NC(=O)N1Cc1ccccc1. The van der Waals surface area contributed by atoms with Gasteiger partial charge in [-0.05, 0) is 19.4 Å². The third kappa shape index (κ3) is 2.38. The molecule has 17 heavy (non-hydrogen) atoms. The van der Waals surface area contributed by atoms with Crippen LogP contribution in [0.25, 0.3) is 0 Å². The van der Waals surface area contributed by atoms with Gasteiger partial charge in [-0.25, -0.2) is 9.59 Å². The summed E-state index contributed by atoms with van der Waals surface area (Å²) in [4.78, 5) is 24.6. The second-order valence-electron chi connectivity index (χ2n) is 4.52. The topological polar surface area (TPSA) is 61.4 Å². The molecule has 1 aliphatic heterocycles. The Hall–Kier alpha value is -2.04. The predicted molar refractivity (Wildman–Crippen MR) is 63.1 cm³/mol. The monoisotopic (exact) mass is 233 g/mol. The average molecular weight is 233 g/mol. The van der Waals surface area contributed by atoms with Gasteiger partial charge in [-0.15, -0.1) is 0 Å². The van der Waals surface area contributed by atoms with Crippen LogP contribution in [-0.4, -0.2) is 22.6 Å². The first-order chi connectivity index (χ1) is 7.99. The molecule has 0 unspecified atom stereocenters. The van der Waals surface area contributed by atoms with Gasteiger partial charge >= 0.3 is 12.1 Å². The predicted octanol–water partition coefficient (Wildman–Crippen LogP) is 1.66. The summed E-state index contributed by atoms with van der Waals surface area (Å²) in [5.74, 6) is 0. The van der Waals surface area contributed by atoms with Crippen molar-refractivity contribution in [3.05, 3.63) is 35.9 Å². The largest absolute Gasteiger partial charge is 0.327 e. The van der Waals surface area contributed by atoms with Gasteiger partial charge in [-0.1, -0.05) is 30.3 Å². The third-order valence-electron chi connectivity index (χ3n) is 2.74. The number of urea groups is 2. The lowest BCUT2D eigenvalue weighted by Crippen LogP contribution is -2.68. The molecule has 1 aromatic rings. The second-order valence-corrected chi connectivity index (χ2v) is 4.52. The first-order valence-electron chi connectivity index (χ1n) is 5.44. The van der Waals surface area contributed by atoms with E-state index in [-0.39, 0.29) is 6.03 Å². The molecule has 1 aliphatic rings. The summed E-state index contributed by atoms with van der Waals surface area (Å²) >= 11 is 0. The molecule has 0 radical (unpaired) electrons. The molecule has 1 fully saturated rings. The van der Waals surface area contributed by atoms with Crippen molar-refractivity contribution >= 4 is 12.1 Å². The van der Waals surface area contributed by atoms with E-state index in [4.69, 9.17) is 0 Å². The van der Waals surface area contributed by atoms with Crippen molar-refractivity contribution in [1.29, 1.82) is 0 Å². The molecule has 4 amide bonds. The van der Waals surface area contributed by atoms with Crippen molar-refractivity contribution in [1.82, 2.24) is 15.5 Å². The van der Waals surface area contributed by atoms with Gasteiger partial charge in [-0.3, -0.25) is 10.2 Å². The number of nitrogens with one attached hydrogen (secondary N) is 2. The summed E-state index contributed by atoms with van der Waals surface area (Å²) < 4.78 is 0. The zero-order chi connectivity index (χ0) is 12.5. The molecule has 0 bridgehead atoms. The zero-order valence-corrected chi connectivity index (χ0v) is 9.86. The maximum Gasteiger partial charge on any atom is 0.327 e. The molecule has 1 heterocycles. The van der Waals surface area contributed by atoms with Crippen molar-refractivity contribution in [2.24, 2.45) is 0 Å². The fourth-order valence-electron chi connectivity index (χ4n) is 1.83. The van der Waals surface area contributed by atoms with E-state index in [1.54, 1.807) is 18.7 Å². The van der Waals surface area contributed by atoms with Crippen LogP contribution in [0.4, 0.5) is 9.59 Å². The number of amides is 4. The van der Waals surface area contributed by atoms with Crippen LogP contribution in [0.5, 0.6) is 0 Å². The molecule has 1 aromatic carbocycles. The van der Waals surface area contributed by atoms with Crippen LogP contribution < -0.4 is 10.6 Å². The van der Waals surface area contributed by atoms with E-state index in [2.05, 4.69) is 10.6 Å². The highest BCUT2D eigenvalue weighted by Gasteiger charge is 2.37. The number of hydrogen-bond donors (Lipinski definition) is 2. The highest BCUT2D eigenvalue weighted by molar-refractivity contribution is 5.96. The van der Waals surface area contributed by atoms with Crippen LogP contribution in [0, 0.1) is 0 Å². The van der Waals surface area contributed by atoms with E-state index in [0.717, 1.165) is 5.56 Å². The number of carbonyl (C=O) groups excluding carboxylic acids is 2. The highest BCUT2D eigenvalue weighted by Crippen LogP contribution is 2.18. The summed E-state index contributed by atoms with van der Waals surface area (Å²) in [5, 5.41) is 4.95. The van der Waals surface area contributed by atoms with E-state index in [0.29, 0.717) is 6.54 Å². The number of hydrogen-bond acceptors (Lipinski definition) is 2. The molecule has 0 aromatic heterocycles. The summed E-state index contributed by atoms with van der Waals surface area (Å²) in [6, 6.07) is 8.82. The Balaban J connectivity index is 2.19. The quantitative estimate of drug-likeness (QED) is 0.816. The van der Waals surface area contributed by atoms with E-state index in [9.17, 15) is 9.59 Å². The standard InChI is InChI=1S/C12H15N3O2/c1-12(2)14-10(16)13-11(17)15(12)8-9-6-4-3-5-7-9/h3-7H,8H2,1-2H3,(H2,13,14,16,17). The summed E-state index contributed by atoms with van der Waals surface area (Å²) in [7, 11) is 0. The van der Waals surface area contributed by atoms with Crippen molar-refractivity contribution in [3.8, 4) is 0 Å². The van der Waals surface area contributed by atoms with E-state index >= 15 is 0 Å². The van der Waals surface area contributed by atoms with Crippen LogP contribution in [0.3, 0.4) is 0 Å². The van der Waals surface area contributed by atoms with E-state index in [1.807, 2.05) is 30.3 Å². The second kappa shape index (κ2) is 4.08. The van der Waals surface area contributed by atoms with E-state index < -0.39 is 11.7 Å². The van der Waals surface area contributed by atoms with Gasteiger partial charge in [0.1, 0.15) is 5.66 Å². The molecular weight excluding hydrogens is 218 g/mol. The average Bonchev–Trinajstić information content (AvgIpc) is 2.24. The van der Waals surface area contributed by atoms with Gasteiger partial charge in [0.05, 0.1) is 0 Å². The molecule has 1 saturated heterocycles. The first-order valence-corrected chi connectivity index (χ1v) is 5.44. The van der Waals surface area contributed by atoms with Gasteiger partial charge in [0, 0.05) is 6.54 Å². The van der Waals surface area contributed by atoms with Gasteiger partial charge in [0.15, 0.2) is 0 Å². The van der Waals surface area contributed by atoms with Gasteiger partial charge in [-0.2, -0.15) is 0 Å². The van der Waals surface area contributed by atoms with E-state index in [1.165, 1.54) is 0 Å².